The van der Waals surface area contributed by atoms with Gasteiger partial charge in [0.1, 0.15) is 0 Å². The molecule has 0 aliphatic carbocycles. The first-order valence-corrected chi connectivity index (χ1v) is 12.2. The molecule has 6 aromatic rings. The standard InChI is InChI=1S/C30H18BNS/c1-5-13-25-19(9-1)21-11-3-7-15-27(21)32-28-17-24-22-12-4-8-16-29(22)33-30(24)18-23(28)20-10-2-6-14-26(20)31(25)32/h1-18H. The van der Waals surface area contributed by atoms with Crippen molar-refractivity contribution in [2.45, 2.75) is 0 Å². The van der Waals surface area contributed by atoms with E-state index in [1.54, 1.807) is 0 Å². The molecule has 1 nitrogen and oxygen atoms in total. The van der Waals surface area contributed by atoms with E-state index in [1.807, 2.05) is 11.3 Å². The number of rotatable bonds is 0. The minimum absolute atomic E-state index is 0.169. The summed E-state index contributed by atoms with van der Waals surface area (Å²) in [6, 6.07) is 40.4. The summed E-state index contributed by atoms with van der Waals surface area (Å²) in [5, 5.41) is 2.70. The lowest BCUT2D eigenvalue weighted by molar-refractivity contribution is 1.36. The lowest BCUT2D eigenvalue weighted by Crippen LogP contribution is -2.59. The molecule has 5 aromatic carbocycles. The van der Waals surface area contributed by atoms with Gasteiger partial charge in [-0.05, 0) is 46.3 Å². The molecule has 3 heterocycles. The van der Waals surface area contributed by atoms with E-state index in [2.05, 4.69) is 114 Å². The fourth-order valence-electron chi connectivity index (χ4n) is 5.90. The topological polar surface area (TPSA) is 3.24 Å². The monoisotopic (exact) mass is 435 g/mol. The molecule has 3 heteroatoms. The van der Waals surface area contributed by atoms with Crippen LogP contribution in [-0.2, 0) is 0 Å². The average molecular weight is 435 g/mol. The molecule has 8 rings (SSSR count). The molecule has 0 amide bonds. The van der Waals surface area contributed by atoms with Gasteiger partial charge < -0.3 is 4.81 Å². The summed E-state index contributed by atoms with van der Waals surface area (Å²) in [4.78, 5) is 2.58. The Morgan fingerprint density at radius 2 is 1.12 bits per heavy atom. The molecule has 0 atom stereocenters. The van der Waals surface area contributed by atoms with Gasteiger partial charge in [0.05, 0.1) is 0 Å². The van der Waals surface area contributed by atoms with Crippen LogP contribution in [0.2, 0.25) is 0 Å². The first kappa shape index (κ1) is 17.7. The molecule has 0 saturated heterocycles. The normalized spacial score (nSPS) is 13.3. The number of hydrogen-bond donors (Lipinski definition) is 0. The first-order valence-electron chi connectivity index (χ1n) is 11.4. The van der Waals surface area contributed by atoms with E-state index < -0.39 is 0 Å². The smallest absolute Gasteiger partial charge is 0.329 e. The number of para-hydroxylation sites is 1. The van der Waals surface area contributed by atoms with Gasteiger partial charge >= 0.3 is 6.85 Å². The molecule has 0 N–H and O–H groups in total. The van der Waals surface area contributed by atoms with Gasteiger partial charge in [-0.2, -0.15) is 0 Å². The molecule has 0 saturated carbocycles. The Kier molecular flexibility index (Phi) is 3.42. The van der Waals surface area contributed by atoms with Gasteiger partial charge in [-0.1, -0.05) is 84.9 Å². The Hall–Kier alpha value is -3.82. The predicted molar refractivity (Wildman–Crippen MR) is 144 cm³/mol. The number of hydrogen-bond acceptors (Lipinski definition) is 2. The molecule has 0 fully saturated rings. The fraction of sp³-hybridized carbons (Fsp3) is 0. The molecule has 1 aromatic heterocycles. The van der Waals surface area contributed by atoms with Crippen LogP contribution in [0.25, 0.3) is 42.4 Å². The zero-order chi connectivity index (χ0) is 21.5. The summed E-state index contributed by atoms with van der Waals surface area (Å²) < 4.78 is 2.71. The van der Waals surface area contributed by atoms with Crippen LogP contribution in [0.4, 0.5) is 11.4 Å². The third-order valence-corrected chi connectivity index (χ3v) is 8.40. The molecule has 2 aliphatic rings. The fourth-order valence-corrected chi connectivity index (χ4v) is 7.03. The summed E-state index contributed by atoms with van der Waals surface area (Å²) in [7, 11) is 0. The van der Waals surface area contributed by atoms with Gasteiger partial charge in [0, 0.05) is 42.7 Å². The highest BCUT2D eigenvalue weighted by Crippen LogP contribution is 2.48. The van der Waals surface area contributed by atoms with Gasteiger partial charge in [0.25, 0.3) is 0 Å². The molecular weight excluding hydrogens is 417 g/mol. The van der Waals surface area contributed by atoms with Crippen molar-refractivity contribution in [1.29, 1.82) is 0 Å². The Morgan fingerprint density at radius 3 is 1.94 bits per heavy atom. The Labute approximate surface area is 196 Å². The van der Waals surface area contributed by atoms with E-state index in [0.29, 0.717) is 0 Å². The van der Waals surface area contributed by atoms with Crippen molar-refractivity contribution in [3.63, 3.8) is 0 Å². The van der Waals surface area contributed by atoms with Crippen LogP contribution in [0.15, 0.2) is 109 Å². The lowest BCUT2D eigenvalue weighted by Gasteiger charge is -2.43. The second-order valence-electron chi connectivity index (χ2n) is 8.93. The van der Waals surface area contributed by atoms with Crippen molar-refractivity contribution >= 4 is 60.7 Å². The maximum absolute atomic E-state index is 2.58. The Balaban J connectivity index is 1.54. The van der Waals surface area contributed by atoms with Crippen LogP contribution >= 0.6 is 11.3 Å². The molecule has 0 radical (unpaired) electrons. The van der Waals surface area contributed by atoms with Crippen molar-refractivity contribution in [3.8, 4) is 22.3 Å². The third kappa shape index (κ3) is 2.27. The summed E-state index contributed by atoms with van der Waals surface area (Å²) >= 11 is 1.89. The quantitative estimate of drug-likeness (QED) is 0.233. The van der Waals surface area contributed by atoms with Crippen LogP contribution in [0.5, 0.6) is 0 Å². The van der Waals surface area contributed by atoms with Crippen LogP contribution in [0.3, 0.4) is 0 Å². The van der Waals surface area contributed by atoms with Crippen molar-refractivity contribution in [2.75, 3.05) is 4.81 Å². The number of benzene rings is 5. The van der Waals surface area contributed by atoms with Crippen molar-refractivity contribution < 1.29 is 0 Å². The van der Waals surface area contributed by atoms with Crippen molar-refractivity contribution in [2.24, 2.45) is 0 Å². The van der Waals surface area contributed by atoms with Crippen LogP contribution in [-0.4, -0.2) is 6.85 Å². The highest BCUT2D eigenvalue weighted by Gasteiger charge is 2.42. The summed E-state index contributed by atoms with van der Waals surface area (Å²) in [5.41, 5.74) is 10.7. The molecule has 0 spiro atoms. The number of fused-ring (bicyclic) bond motifs is 14. The number of nitrogens with zero attached hydrogens (tertiary/aromatic N) is 1. The van der Waals surface area contributed by atoms with Gasteiger partial charge in [-0.15, -0.1) is 11.3 Å². The number of anilines is 2. The minimum atomic E-state index is 0.169. The third-order valence-electron chi connectivity index (χ3n) is 7.27. The largest absolute Gasteiger partial charge is 0.376 e. The minimum Gasteiger partial charge on any atom is -0.376 e. The molecule has 0 unspecified atom stereocenters. The zero-order valence-corrected chi connectivity index (χ0v) is 18.6. The summed E-state index contributed by atoms with van der Waals surface area (Å²) in [6.07, 6.45) is 0. The predicted octanol–water partition coefficient (Wildman–Crippen LogP) is 6.96. The summed E-state index contributed by atoms with van der Waals surface area (Å²) in [5.74, 6) is 0. The highest BCUT2D eigenvalue weighted by molar-refractivity contribution is 7.25. The van der Waals surface area contributed by atoms with Gasteiger partial charge in [0.2, 0.25) is 0 Å². The van der Waals surface area contributed by atoms with E-state index in [1.165, 1.54) is 64.7 Å². The first-order chi connectivity index (χ1) is 16.4. The Bertz CT molecular complexity index is 1750. The molecule has 2 aliphatic heterocycles. The number of thiophene rings is 1. The SMILES string of the molecule is c1ccc2c(c1)B1c3ccccc3-c3cc4sc5ccccc5c4cc3N1c1ccccc1-2. The van der Waals surface area contributed by atoms with Gasteiger partial charge in [0.15, 0.2) is 0 Å². The highest BCUT2D eigenvalue weighted by atomic mass is 32.1. The Morgan fingerprint density at radius 1 is 0.485 bits per heavy atom. The second kappa shape index (κ2) is 6.37. The molecule has 152 valence electrons. The van der Waals surface area contributed by atoms with Crippen LogP contribution in [0, 0.1) is 0 Å². The summed E-state index contributed by atoms with van der Waals surface area (Å²) in [6.45, 7) is 0.169. The molecular formula is C30H18BNS. The second-order valence-corrected chi connectivity index (χ2v) is 10.0. The van der Waals surface area contributed by atoms with E-state index >= 15 is 0 Å². The molecule has 0 bridgehead atoms. The lowest BCUT2D eigenvalue weighted by atomic mass is 9.43. The van der Waals surface area contributed by atoms with Crippen molar-refractivity contribution in [1.82, 2.24) is 0 Å². The average Bonchev–Trinajstić information content (AvgIpc) is 3.25. The molecule has 33 heavy (non-hydrogen) atoms. The van der Waals surface area contributed by atoms with Crippen LogP contribution < -0.4 is 15.7 Å². The van der Waals surface area contributed by atoms with E-state index in [4.69, 9.17) is 0 Å². The van der Waals surface area contributed by atoms with Crippen LogP contribution in [0.1, 0.15) is 0 Å². The van der Waals surface area contributed by atoms with E-state index in [0.717, 1.165) is 0 Å². The van der Waals surface area contributed by atoms with E-state index in [-0.39, 0.29) is 6.85 Å². The maximum Gasteiger partial charge on any atom is 0.329 e. The van der Waals surface area contributed by atoms with Gasteiger partial charge in [-0.3, -0.25) is 0 Å². The maximum atomic E-state index is 2.58. The van der Waals surface area contributed by atoms with Gasteiger partial charge in [-0.25, -0.2) is 0 Å². The van der Waals surface area contributed by atoms with Crippen molar-refractivity contribution in [3.05, 3.63) is 109 Å². The van der Waals surface area contributed by atoms with E-state index in [9.17, 15) is 0 Å². The zero-order valence-electron chi connectivity index (χ0n) is 17.8.